The molecule has 0 atom stereocenters. The average Bonchev–Trinajstić information content (AvgIpc) is 2.40. The zero-order chi connectivity index (χ0) is 10.8. The second-order valence-electron chi connectivity index (χ2n) is 4.43. The molecule has 80 valence electrons. The molecule has 1 nitrogen and oxygen atoms in total. The molecule has 0 spiro atoms. The monoisotopic (exact) mass is 202 g/mol. The Hall–Kier alpha value is -1.08. The maximum absolute atomic E-state index is 5.61. The van der Waals surface area contributed by atoms with E-state index in [-0.39, 0.29) is 0 Å². The minimum absolute atomic E-state index is 0.562. The molecule has 0 unspecified atom stereocenters. The number of ether oxygens (including phenoxy) is 1. The van der Waals surface area contributed by atoms with Crippen LogP contribution in [0.25, 0.3) is 5.57 Å². The smallest absolute Gasteiger partial charge is 0.0729 e. The summed E-state index contributed by atoms with van der Waals surface area (Å²) in [6.45, 7) is 8.12. The highest BCUT2D eigenvalue weighted by molar-refractivity contribution is 5.71. The lowest BCUT2D eigenvalue weighted by Gasteiger charge is -2.15. The lowest BCUT2D eigenvalue weighted by Crippen LogP contribution is -1.99. The molecule has 2 rings (SSSR count). The van der Waals surface area contributed by atoms with Gasteiger partial charge >= 0.3 is 0 Å². The van der Waals surface area contributed by atoms with Crippen molar-refractivity contribution in [3.05, 3.63) is 41.0 Å². The molecule has 0 aromatic heterocycles. The molecule has 1 heteroatoms. The van der Waals surface area contributed by atoms with Gasteiger partial charge in [-0.15, -0.1) is 0 Å². The molecule has 1 aromatic carbocycles. The van der Waals surface area contributed by atoms with E-state index < -0.39 is 0 Å². The number of benzene rings is 1. The van der Waals surface area contributed by atoms with Crippen LogP contribution in [0.15, 0.2) is 24.3 Å². The molecule has 0 aliphatic carbocycles. The summed E-state index contributed by atoms with van der Waals surface area (Å²) < 4.78 is 5.61. The fraction of sp³-hybridized carbons (Fsp3) is 0.429. The quantitative estimate of drug-likeness (QED) is 0.676. The molecule has 0 amide bonds. The van der Waals surface area contributed by atoms with Gasteiger partial charge in [-0.25, -0.2) is 0 Å². The first-order valence-electron chi connectivity index (χ1n) is 5.57. The third-order valence-corrected chi connectivity index (χ3v) is 3.01. The van der Waals surface area contributed by atoms with Crippen LogP contribution in [0.2, 0.25) is 0 Å². The Morgan fingerprint density at radius 1 is 1.27 bits per heavy atom. The third kappa shape index (κ3) is 1.98. The van der Waals surface area contributed by atoms with Crippen molar-refractivity contribution in [2.45, 2.75) is 27.4 Å². The van der Waals surface area contributed by atoms with Crippen LogP contribution in [0.3, 0.4) is 0 Å². The van der Waals surface area contributed by atoms with Crippen LogP contribution in [-0.4, -0.2) is 6.61 Å². The van der Waals surface area contributed by atoms with Gasteiger partial charge in [0.1, 0.15) is 0 Å². The van der Waals surface area contributed by atoms with Gasteiger partial charge in [0.05, 0.1) is 13.2 Å². The minimum Gasteiger partial charge on any atom is -0.373 e. The first-order chi connectivity index (χ1) is 7.20. The van der Waals surface area contributed by atoms with Crippen molar-refractivity contribution in [2.24, 2.45) is 5.92 Å². The van der Waals surface area contributed by atoms with Crippen molar-refractivity contribution in [2.75, 3.05) is 6.61 Å². The van der Waals surface area contributed by atoms with Crippen molar-refractivity contribution in [1.82, 2.24) is 0 Å². The Morgan fingerprint density at radius 2 is 2.07 bits per heavy atom. The number of hydrogen-bond acceptors (Lipinski definition) is 1. The number of hydrogen-bond donors (Lipinski definition) is 0. The van der Waals surface area contributed by atoms with Crippen molar-refractivity contribution in [1.29, 1.82) is 0 Å². The molecule has 0 N–H and O–H groups in total. The van der Waals surface area contributed by atoms with E-state index in [2.05, 4.69) is 45.0 Å². The predicted octanol–water partition coefficient (Wildman–Crippen LogP) is 3.56. The van der Waals surface area contributed by atoms with Crippen LogP contribution in [0.1, 0.15) is 30.5 Å². The first kappa shape index (κ1) is 10.4. The highest BCUT2D eigenvalue weighted by Crippen LogP contribution is 2.30. The summed E-state index contributed by atoms with van der Waals surface area (Å²) in [7, 11) is 0. The number of fused-ring (bicyclic) bond motifs is 1. The zero-order valence-electron chi connectivity index (χ0n) is 9.71. The van der Waals surface area contributed by atoms with E-state index in [0.717, 1.165) is 13.2 Å². The SMILES string of the molecule is Cc1cccc2c1COCC=C2C(C)C. The molecule has 1 heterocycles. The first-order valence-corrected chi connectivity index (χ1v) is 5.57. The van der Waals surface area contributed by atoms with E-state index in [9.17, 15) is 0 Å². The number of allylic oxidation sites excluding steroid dienone is 1. The molecule has 1 aliphatic heterocycles. The average molecular weight is 202 g/mol. The van der Waals surface area contributed by atoms with E-state index in [1.807, 2.05) is 0 Å². The second-order valence-corrected chi connectivity index (χ2v) is 4.43. The molecular formula is C14H18O. The number of aryl methyl sites for hydroxylation is 1. The summed E-state index contributed by atoms with van der Waals surface area (Å²) in [5, 5.41) is 0. The van der Waals surface area contributed by atoms with Gasteiger partial charge in [0.2, 0.25) is 0 Å². The summed E-state index contributed by atoms with van der Waals surface area (Å²) in [5.41, 5.74) is 5.49. The Balaban J connectivity index is 2.55. The van der Waals surface area contributed by atoms with Crippen LogP contribution >= 0.6 is 0 Å². The third-order valence-electron chi connectivity index (χ3n) is 3.01. The van der Waals surface area contributed by atoms with E-state index in [1.54, 1.807) is 0 Å². The van der Waals surface area contributed by atoms with Crippen molar-refractivity contribution in [3.8, 4) is 0 Å². The van der Waals surface area contributed by atoms with Gasteiger partial charge in [-0.2, -0.15) is 0 Å². The number of rotatable bonds is 1. The fourth-order valence-corrected chi connectivity index (χ4v) is 2.13. The molecular weight excluding hydrogens is 184 g/mol. The van der Waals surface area contributed by atoms with Crippen molar-refractivity contribution < 1.29 is 4.74 Å². The molecule has 0 fully saturated rings. The maximum atomic E-state index is 5.61. The lowest BCUT2D eigenvalue weighted by atomic mass is 9.90. The standard InChI is InChI=1S/C14H18O/c1-10(2)12-7-8-15-9-14-11(3)5-4-6-13(12)14/h4-7,10H,8-9H2,1-3H3. The molecule has 1 aliphatic rings. The minimum atomic E-state index is 0.562. The van der Waals surface area contributed by atoms with Gasteiger partial charge in [-0.3, -0.25) is 0 Å². The normalized spacial score (nSPS) is 15.9. The summed E-state index contributed by atoms with van der Waals surface area (Å²) in [5.74, 6) is 0.562. The van der Waals surface area contributed by atoms with Gasteiger partial charge in [-0.1, -0.05) is 38.1 Å². The molecule has 0 radical (unpaired) electrons. The van der Waals surface area contributed by atoms with E-state index in [1.165, 1.54) is 22.3 Å². The molecule has 1 aromatic rings. The van der Waals surface area contributed by atoms with E-state index >= 15 is 0 Å². The van der Waals surface area contributed by atoms with E-state index in [0.29, 0.717) is 5.92 Å². The van der Waals surface area contributed by atoms with Gasteiger partial charge < -0.3 is 4.74 Å². The predicted molar refractivity (Wildman–Crippen MR) is 63.7 cm³/mol. The Morgan fingerprint density at radius 3 is 2.80 bits per heavy atom. The highest BCUT2D eigenvalue weighted by atomic mass is 16.5. The van der Waals surface area contributed by atoms with Gasteiger partial charge in [0.25, 0.3) is 0 Å². The molecule has 0 bridgehead atoms. The zero-order valence-corrected chi connectivity index (χ0v) is 9.71. The summed E-state index contributed by atoms with van der Waals surface area (Å²) >= 11 is 0. The largest absolute Gasteiger partial charge is 0.373 e. The summed E-state index contributed by atoms with van der Waals surface area (Å²) in [6, 6.07) is 6.50. The highest BCUT2D eigenvalue weighted by Gasteiger charge is 2.15. The summed E-state index contributed by atoms with van der Waals surface area (Å²) in [4.78, 5) is 0. The van der Waals surface area contributed by atoms with Gasteiger partial charge in [0, 0.05) is 0 Å². The van der Waals surface area contributed by atoms with Crippen LogP contribution in [0.5, 0.6) is 0 Å². The molecule has 0 saturated heterocycles. The lowest BCUT2D eigenvalue weighted by molar-refractivity contribution is 0.150. The van der Waals surface area contributed by atoms with Gasteiger partial charge in [0.15, 0.2) is 0 Å². The molecule has 0 saturated carbocycles. The van der Waals surface area contributed by atoms with Crippen molar-refractivity contribution >= 4 is 5.57 Å². The summed E-state index contributed by atoms with van der Waals surface area (Å²) in [6.07, 6.45) is 2.22. The Labute approximate surface area is 91.8 Å². The second kappa shape index (κ2) is 4.19. The fourth-order valence-electron chi connectivity index (χ4n) is 2.13. The van der Waals surface area contributed by atoms with Gasteiger partial charge in [-0.05, 0) is 35.1 Å². The van der Waals surface area contributed by atoms with Crippen LogP contribution in [-0.2, 0) is 11.3 Å². The van der Waals surface area contributed by atoms with Crippen LogP contribution in [0.4, 0.5) is 0 Å². The van der Waals surface area contributed by atoms with E-state index in [4.69, 9.17) is 4.74 Å². The maximum Gasteiger partial charge on any atom is 0.0729 e. The van der Waals surface area contributed by atoms with Crippen LogP contribution < -0.4 is 0 Å². The Kier molecular flexibility index (Phi) is 2.92. The van der Waals surface area contributed by atoms with Crippen LogP contribution in [0, 0.1) is 12.8 Å². The molecule has 15 heavy (non-hydrogen) atoms. The van der Waals surface area contributed by atoms with Crippen molar-refractivity contribution in [3.63, 3.8) is 0 Å². The Bertz CT molecular complexity index is 388. The topological polar surface area (TPSA) is 9.23 Å².